The van der Waals surface area contributed by atoms with Gasteiger partial charge in [0.05, 0.1) is 14.2 Å². The number of ether oxygens (including phenoxy) is 2. The van der Waals surface area contributed by atoms with Gasteiger partial charge >= 0.3 is 0 Å². The Hall–Kier alpha value is -2.23. The van der Waals surface area contributed by atoms with E-state index in [2.05, 4.69) is 0 Å². The average molecular weight is 287 g/mol. The van der Waals surface area contributed by atoms with Gasteiger partial charge in [0.15, 0.2) is 11.5 Å². The fourth-order valence-corrected chi connectivity index (χ4v) is 2.43. The summed E-state index contributed by atoms with van der Waals surface area (Å²) in [6.45, 7) is 3.25. The lowest BCUT2D eigenvalue weighted by molar-refractivity contribution is -0.126. The Labute approximate surface area is 125 Å². The van der Waals surface area contributed by atoms with Gasteiger partial charge in [-0.1, -0.05) is 18.2 Å². The lowest BCUT2D eigenvalue weighted by Gasteiger charge is -2.28. The monoisotopic (exact) mass is 287 g/mol. The van der Waals surface area contributed by atoms with E-state index in [0.717, 1.165) is 24.3 Å². The molecule has 0 aromatic heterocycles. The van der Waals surface area contributed by atoms with E-state index in [0.29, 0.717) is 12.3 Å². The molecule has 1 aromatic carbocycles. The van der Waals surface area contributed by atoms with Crippen LogP contribution in [0.5, 0.6) is 11.5 Å². The van der Waals surface area contributed by atoms with E-state index in [9.17, 15) is 4.79 Å². The molecule has 0 saturated heterocycles. The predicted octanol–water partition coefficient (Wildman–Crippen LogP) is 2.72. The van der Waals surface area contributed by atoms with Crippen molar-refractivity contribution in [3.63, 3.8) is 0 Å². The normalized spacial score (nSPS) is 14.5. The Bertz CT molecular complexity index is 576. The van der Waals surface area contributed by atoms with Gasteiger partial charge in [-0.05, 0) is 36.6 Å². The second-order valence-corrected chi connectivity index (χ2v) is 4.87. The largest absolute Gasteiger partial charge is 0.493 e. The van der Waals surface area contributed by atoms with Crippen molar-refractivity contribution in [3.05, 3.63) is 47.6 Å². The third-order valence-corrected chi connectivity index (χ3v) is 3.57. The smallest absolute Gasteiger partial charge is 0.246 e. The molecule has 1 amide bonds. The maximum Gasteiger partial charge on any atom is 0.246 e. The summed E-state index contributed by atoms with van der Waals surface area (Å²) in [6, 6.07) is 3.97. The molecule has 0 fully saturated rings. The number of fused-ring (bicyclic) bond motifs is 1. The molecule has 21 heavy (non-hydrogen) atoms. The summed E-state index contributed by atoms with van der Waals surface area (Å²) in [4.78, 5) is 14.0. The summed E-state index contributed by atoms with van der Waals surface area (Å²) in [7, 11) is 3.25. The second kappa shape index (κ2) is 6.97. The highest BCUT2D eigenvalue weighted by Crippen LogP contribution is 2.33. The molecule has 1 heterocycles. The number of allylic oxidation sites excluding steroid dienone is 3. The molecule has 4 heteroatoms. The molecule has 1 aromatic rings. The van der Waals surface area contributed by atoms with Crippen LogP contribution >= 0.6 is 0 Å². The van der Waals surface area contributed by atoms with Crippen molar-refractivity contribution in [2.75, 3.05) is 20.8 Å². The average Bonchev–Trinajstić information content (AvgIpc) is 2.52. The van der Waals surface area contributed by atoms with Crippen LogP contribution in [0.2, 0.25) is 0 Å². The molecule has 0 atom stereocenters. The maximum atomic E-state index is 12.1. The third kappa shape index (κ3) is 3.45. The molecule has 1 aliphatic heterocycles. The highest BCUT2D eigenvalue weighted by Gasteiger charge is 2.21. The third-order valence-electron chi connectivity index (χ3n) is 3.57. The number of benzene rings is 1. The Morgan fingerprint density at radius 1 is 1.14 bits per heavy atom. The van der Waals surface area contributed by atoms with Gasteiger partial charge in [0.1, 0.15) is 0 Å². The second-order valence-electron chi connectivity index (χ2n) is 4.87. The van der Waals surface area contributed by atoms with Crippen molar-refractivity contribution < 1.29 is 14.3 Å². The van der Waals surface area contributed by atoms with E-state index < -0.39 is 0 Å². The minimum Gasteiger partial charge on any atom is -0.493 e. The van der Waals surface area contributed by atoms with Crippen LogP contribution in [0, 0.1) is 0 Å². The number of amides is 1. The van der Waals surface area contributed by atoms with Crippen LogP contribution in [-0.2, 0) is 17.8 Å². The maximum absolute atomic E-state index is 12.1. The van der Waals surface area contributed by atoms with Gasteiger partial charge < -0.3 is 14.4 Å². The zero-order chi connectivity index (χ0) is 15.2. The Morgan fingerprint density at radius 3 is 2.43 bits per heavy atom. The number of nitrogens with zero attached hydrogens (tertiary/aromatic N) is 1. The zero-order valence-corrected chi connectivity index (χ0v) is 12.8. The van der Waals surface area contributed by atoms with Gasteiger partial charge in [-0.25, -0.2) is 0 Å². The van der Waals surface area contributed by atoms with Gasteiger partial charge in [-0.2, -0.15) is 0 Å². The lowest BCUT2D eigenvalue weighted by atomic mass is 9.98. The first-order chi connectivity index (χ1) is 10.2. The van der Waals surface area contributed by atoms with Crippen molar-refractivity contribution in [3.8, 4) is 11.5 Å². The van der Waals surface area contributed by atoms with Gasteiger partial charge in [0.25, 0.3) is 0 Å². The molecule has 0 unspecified atom stereocenters. The Morgan fingerprint density at radius 2 is 1.81 bits per heavy atom. The summed E-state index contributed by atoms with van der Waals surface area (Å²) in [5, 5.41) is 0. The van der Waals surface area contributed by atoms with Gasteiger partial charge in [-0.15, -0.1) is 0 Å². The molecule has 0 bridgehead atoms. The van der Waals surface area contributed by atoms with E-state index in [-0.39, 0.29) is 5.91 Å². The molecular weight excluding hydrogens is 266 g/mol. The summed E-state index contributed by atoms with van der Waals surface area (Å²) >= 11 is 0. The highest BCUT2D eigenvalue weighted by atomic mass is 16.5. The molecule has 0 saturated carbocycles. The number of carbonyl (C=O) groups excluding carboxylic acids is 1. The first-order valence-electron chi connectivity index (χ1n) is 7.01. The summed E-state index contributed by atoms with van der Waals surface area (Å²) in [6.07, 6.45) is 7.95. The lowest BCUT2D eigenvalue weighted by Crippen LogP contribution is -2.34. The molecule has 4 nitrogen and oxygen atoms in total. The molecular formula is C17H21NO3. The van der Waals surface area contributed by atoms with Crippen LogP contribution < -0.4 is 9.47 Å². The number of rotatable bonds is 4. The molecule has 0 aliphatic carbocycles. The van der Waals surface area contributed by atoms with Crippen LogP contribution in [0.1, 0.15) is 18.1 Å². The van der Waals surface area contributed by atoms with Crippen molar-refractivity contribution >= 4 is 5.91 Å². The number of hydrogen-bond acceptors (Lipinski definition) is 3. The van der Waals surface area contributed by atoms with E-state index >= 15 is 0 Å². The topological polar surface area (TPSA) is 38.8 Å². The standard InChI is InChI=1S/C17H21NO3/c1-4-5-6-7-17(19)18-9-8-13-10-15(20-2)16(21-3)11-14(13)12-18/h4-7,10-11H,8-9,12H2,1-3H3. The molecule has 112 valence electrons. The summed E-state index contributed by atoms with van der Waals surface area (Å²) in [5.74, 6) is 1.48. The number of methoxy groups -OCH3 is 2. The minimum atomic E-state index is 0.0357. The molecule has 1 aliphatic rings. The van der Waals surface area contributed by atoms with Crippen LogP contribution in [0.15, 0.2) is 36.4 Å². The van der Waals surface area contributed by atoms with Crippen molar-refractivity contribution in [1.29, 1.82) is 0 Å². The Kier molecular flexibility index (Phi) is 5.04. The number of hydrogen-bond donors (Lipinski definition) is 0. The van der Waals surface area contributed by atoms with Gasteiger partial charge in [0, 0.05) is 19.2 Å². The van der Waals surface area contributed by atoms with E-state index in [4.69, 9.17) is 9.47 Å². The molecule has 0 N–H and O–H groups in total. The summed E-state index contributed by atoms with van der Waals surface area (Å²) < 4.78 is 10.6. The fourth-order valence-electron chi connectivity index (χ4n) is 2.43. The van der Waals surface area contributed by atoms with Crippen molar-refractivity contribution in [1.82, 2.24) is 4.90 Å². The highest BCUT2D eigenvalue weighted by molar-refractivity contribution is 5.88. The van der Waals surface area contributed by atoms with Gasteiger partial charge in [-0.3, -0.25) is 4.79 Å². The van der Waals surface area contributed by atoms with Crippen molar-refractivity contribution in [2.45, 2.75) is 19.9 Å². The number of carbonyl (C=O) groups is 1. The first-order valence-corrected chi connectivity index (χ1v) is 7.01. The minimum absolute atomic E-state index is 0.0357. The Balaban J connectivity index is 2.18. The zero-order valence-electron chi connectivity index (χ0n) is 12.8. The molecule has 0 spiro atoms. The van der Waals surface area contributed by atoms with Crippen LogP contribution in [0.4, 0.5) is 0 Å². The van der Waals surface area contributed by atoms with E-state index in [1.807, 2.05) is 36.1 Å². The quantitative estimate of drug-likeness (QED) is 0.631. The first kappa shape index (κ1) is 15.2. The summed E-state index contributed by atoms with van der Waals surface area (Å²) in [5.41, 5.74) is 2.33. The fraction of sp³-hybridized carbons (Fsp3) is 0.353. The van der Waals surface area contributed by atoms with Gasteiger partial charge in [0.2, 0.25) is 5.91 Å². The van der Waals surface area contributed by atoms with Crippen LogP contribution in [0.25, 0.3) is 0 Å². The van der Waals surface area contributed by atoms with Crippen LogP contribution in [0.3, 0.4) is 0 Å². The van der Waals surface area contributed by atoms with Crippen LogP contribution in [-0.4, -0.2) is 31.6 Å². The predicted molar refractivity (Wildman–Crippen MR) is 82.6 cm³/mol. The molecule has 2 rings (SSSR count). The van der Waals surface area contributed by atoms with E-state index in [1.165, 1.54) is 5.56 Å². The van der Waals surface area contributed by atoms with E-state index in [1.54, 1.807) is 26.4 Å². The SMILES string of the molecule is CC=CC=CC(=O)N1CCc2cc(OC)c(OC)cc2C1. The van der Waals surface area contributed by atoms with Crippen molar-refractivity contribution in [2.24, 2.45) is 0 Å². The molecule has 0 radical (unpaired) electrons.